The van der Waals surface area contributed by atoms with Crippen molar-refractivity contribution in [1.29, 1.82) is 0 Å². The third kappa shape index (κ3) is 3.32. The molecule has 0 saturated carbocycles. The highest BCUT2D eigenvalue weighted by atomic mass is 19.1. The van der Waals surface area contributed by atoms with Gasteiger partial charge < -0.3 is 10.3 Å². The normalized spacial score (nSPS) is 20.9. The van der Waals surface area contributed by atoms with Crippen LogP contribution in [-0.4, -0.2) is 50.7 Å². The molecule has 3 aromatic rings. The third-order valence-corrected chi connectivity index (χ3v) is 5.43. The highest BCUT2D eigenvalue weighted by Crippen LogP contribution is 2.34. The number of H-pyrrole nitrogens is 1. The average Bonchev–Trinajstić information content (AvgIpc) is 3.27. The maximum atomic E-state index is 13.8. The van der Waals surface area contributed by atoms with Crippen molar-refractivity contribution in [2.24, 2.45) is 13.0 Å². The minimum Gasteiger partial charge on any atom is -0.352 e. The number of hydrogen-bond acceptors (Lipinski definition) is 4. The Morgan fingerprint density at radius 1 is 1.41 bits per heavy atom. The number of aromatic amines is 1. The van der Waals surface area contributed by atoms with E-state index in [1.54, 1.807) is 6.20 Å². The van der Waals surface area contributed by atoms with E-state index >= 15 is 0 Å². The van der Waals surface area contributed by atoms with Gasteiger partial charge in [-0.2, -0.15) is 5.10 Å². The number of likely N-dealkylation sites (tertiary alicyclic amines) is 1. The van der Waals surface area contributed by atoms with E-state index in [0.717, 1.165) is 25.1 Å². The van der Waals surface area contributed by atoms with Gasteiger partial charge in [0.1, 0.15) is 11.3 Å². The largest absolute Gasteiger partial charge is 0.352 e. The van der Waals surface area contributed by atoms with Gasteiger partial charge in [0.05, 0.1) is 29.1 Å². The molecule has 8 heteroatoms. The molecule has 1 aliphatic rings. The van der Waals surface area contributed by atoms with Crippen LogP contribution in [0.2, 0.25) is 0 Å². The predicted octanol–water partition coefficient (Wildman–Crippen LogP) is 2.25. The molecule has 7 nitrogen and oxygen atoms in total. The molecule has 1 aromatic carbocycles. The van der Waals surface area contributed by atoms with E-state index in [0.29, 0.717) is 17.6 Å². The maximum absolute atomic E-state index is 13.8. The Hall–Kier alpha value is -2.74. The highest BCUT2D eigenvalue weighted by molar-refractivity contribution is 6.04. The third-order valence-electron chi connectivity index (χ3n) is 5.43. The first-order valence-corrected chi connectivity index (χ1v) is 9.13. The van der Waals surface area contributed by atoms with Crippen LogP contribution in [0.4, 0.5) is 4.39 Å². The van der Waals surface area contributed by atoms with Crippen LogP contribution in [-0.2, 0) is 7.05 Å². The van der Waals surface area contributed by atoms with Crippen LogP contribution in [0.25, 0.3) is 11.0 Å². The number of carbonyl (C=O) groups excluding carboxylic acids is 1. The van der Waals surface area contributed by atoms with Gasteiger partial charge in [0.2, 0.25) is 0 Å². The Morgan fingerprint density at radius 2 is 2.26 bits per heavy atom. The number of carbonyl (C=O) groups is 1. The Balaban J connectivity index is 1.53. The second-order valence-electron chi connectivity index (χ2n) is 7.17. The zero-order valence-corrected chi connectivity index (χ0v) is 15.4. The van der Waals surface area contributed by atoms with E-state index in [2.05, 4.69) is 32.3 Å². The van der Waals surface area contributed by atoms with Crippen LogP contribution in [0.1, 0.15) is 34.9 Å². The van der Waals surface area contributed by atoms with E-state index in [9.17, 15) is 9.18 Å². The number of aromatic nitrogens is 4. The number of benzene rings is 1. The van der Waals surface area contributed by atoms with Gasteiger partial charge in [-0.05, 0) is 50.6 Å². The Kier molecular flexibility index (Phi) is 4.65. The van der Waals surface area contributed by atoms with Crippen molar-refractivity contribution in [3.63, 3.8) is 0 Å². The Morgan fingerprint density at radius 3 is 3.04 bits per heavy atom. The highest BCUT2D eigenvalue weighted by Gasteiger charge is 2.32. The second-order valence-corrected chi connectivity index (χ2v) is 7.17. The molecule has 0 bridgehead atoms. The zero-order chi connectivity index (χ0) is 19.0. The Bertz CT molecular complexity index is 964. The molecule has 1 amide bonds. The van der Waals surface area contributed by atoms with Gasteiger partial charge >= 0.3 is 0 Å². The summed E-state index contributed by atoms with van der Waals surface area (Å²) in [5, 5.41) is 7.28. The predicted molar refractivity (Wildman–Crippen MR) is 99.7 cm³/mol. The first kappa shape index (κ1) is 17.7. The average molecular weight is 370 g/mol. The van der Waals surface area contributed by atoms with Gasteiger partial charge in [0, 0.05) is 19.8 Å². The van der Waals surface area contributed by atoms with Crippen molar-refractivity contribution in [3.8, 4) is 0 Å². The van der Waals surface area contributed by atoms with E-state index < -0.39 is 5.82 Å². The SMILES string of the molecule is CN1CCC[C@@H](CNC(=O)c2cc(F)cc3[nH]cnc23)[C@@H]1c1ccnn1C. The number of nitrogens with one attached hydrogen (secondary N) is 2. The molecular weight excluding hydrogens is 347 g/mol. The smallest absolute Gasteiger partial charge is 0.253 e. The minimum absolute atomic E-state index is 0.185. The lowest BCUT2D eigenvalue weighted by molar-refractivity contribution is 0.0881. The van der Waals surface area contributed by atoms with Gasteiger partial charge in [0.15, 0.2) is 0 Å². The molecule has 2 aromatic heterocycles. The lowest BCUT2D eigenvalue weighted by atomic mass is 9.87. The van der Waals surface area contributed by atoms with E-state index in [-0.39, 0.29) is 23.4 Å². The van der Waals surface area contributed by atoms with Crippen LogP contribution >= 0.6 is 0 Å². The maximum Gasteiger partial charge on any atom is 0.253 e. The summed E-state index contributed by atoms with van der Waals surface area (Å²) < 4.78 is 15.7. The molecule has 0 aliphatic carbocycles. The molecule has 1 fully saturated rings. The van der Waals surface area contributed by atoms with Crippen molar-refractivity contribution in [2.75, 3.05) is 20.1 Å². The summed E-state index contributed by atoms with van der Waals surface area (Å²) >= 11 is 0. The molecule has 1 aliphatic heterocycles. The number of rotatable bonds is 4. The molecule has 3 heterocycles. The number of hydrogen-bond donors (Lipinski definition) is 2. The van der Waals surface area contributed by atoms with Crippen molar-refractivity contribution >= 4 is 16.9 Å². The molecule has 0 spiro atoms. The molecule has 4 rings (SSSR count). The first-order valence-electron chi connectivity index (χ1n) is 9.13. The lowest BCUT2D eigenvalue weighted by Crippen LogP contribution is -2.42. The zero-order valence-electron chi connectivity index (χ0n) is 15.4. The fraction of sp³-hybridized carbons (Fsp3) is 0.421. The first-order chi connectivity index (χ1) is 13.0. The summed E-state index contributed by atoms with van der Waals surface area (Å²) in [6.45, 7) is 1.53. The summed E-state index contributed by atoms with van der Waals surface area (Å²) in [6.07, 6.45) is 5.36. The van der Waals surface area contributed by atoms with Crippen LogP contribution in [0.3, 0.4) is 0 Å². The molecule has 2 atom stereocenters. The van der Waals surface area contributed by atoms with Gasteiger partial charge in [-0.25, -0.2) is 9.37 Å². The van der Waals surface area contributed by atoms with E-state index in [1.165, 1.54) is 18.5 Å². The summed E-state index contributed by atoms with van der Waals surface area (Å²) in [5.74, 6) is -0.503. The second kappa shape index (κ2) is 7.11. The van der Waals surface area contributed by atoms with Crippen LogP contribution < -0.4 is 5.32 Å². The number of piperidine rings is 1. The number of nitrogens with zero attached hydrogens (tertiary/aromatic N) is 4. The number of aryl methyl sites for hydroxylation is 1. The molecule has 0 unspecified atom stereocenters. The summed E-state index contributed by atoms with van der Waals surface area (Å²) in [5.41, 5.74) is 2.40. The summed E-state index contributed by atoms with van der Waals surface area (Å²) in [6, 6.07) is 4.79. The van der Waals surface area contributed by atoms with Crippen LogP contribution in [0, 0.1) is 11.7 Å². The topological polar surface area (TPSA) is 78.8 Å². The van der Waals surface area contributed by atoms with Crippen LogP contribution in [0.15, 0.2) is 30.7 Å². The lowest BCUT2D eigenvalue weighted by Gasteiger charge is -2.39. The van der Waals surface area contributed by atoms with Gasteiger partial charge in [-0.3, -0.25) is 14.4 Å². The molecular formula is C19H23FN6O. The fourth-order valence-electron chi connectivity index (χ4n) is 4.12. The molecule has 1 saturated heterocycles. The van der Waals surface area contributed by atoms with Crippen LogP contribution in [0.5, 0.6) is 0 Å². The summed E-state index contributed by atoms with van der Waals surface area (Å²) in [4.78, 5) is 22.0. The van der Waals surface area contributed by atoms with Crippen molar-refractivity contribution in [2.45, 2.75) is 18.9 Å². The van der Waals surface area contributed by atoms with Gasteiger partial charge in [-0.15, -0.1) is 0 Å². The Labute approximate surface area is 156 Å². The molecule has 27 heavy (non-hydrogen) atoms. The fourth-order valence-corrected chi connectivity index (χ4v) is 4.12. The van der Waals surface area contributed by atoms with E-state index in [1.807, 2.05) is 17.8 Å². The van der Waals surface area contributed by atoms with Crippen molar-refractivity contribution in [1.82, 2.24) is 30.0 Å². The molecule has 2 N–H and O–H groups in total. The number of amides is 1. The monoisotopic (exact) mass is 370 g/mol. The van der Waals surface area contributed by atoms with Gasteiger partial charge in [0.25, 0.3) is 5.91 Å². The molecule has 142 valence electrons. The van der Waals surface area contributed by atoms with E-state index in [4.69, 9.17) is 0 Å². The number of imidazole rings is 1. The number of halogens is 1. The van der Waals surface area contributed by atoms with Crippen molar-refractivity contribution < 1.29 is 9.18 Å². The summed E-state index contributed by atoms with van der Waals surface area (Å²) in [7, 11) is 4.04. The quantitative estimate of drug-likeness (QED) is 0.738. The van der Waals surface area contributed by atoms with Gasteiger partial charge in [-0.1, -0.05) is 0 Å². The molecule has 0 radical (unpaired) electrons. The standard InChI is InChI=1S/C19H23FN6O/c1-25-7-3-4-12(18(25)16-5-6-24-26(16)2)10-21-19(27)14-8-13(20)9-15-17(14)23-11-22-15/h5-6,8-9,11-12,18H,3-4,7,10H2,1-2H3,(H,21,27)(H,22,23)/t12-,18+/m0/s1. The van der Waals surface area contributed by atoms with Crippen molar-refractivity contribution in [3.05, 3.63) is 47.8 Å². The minimum atomic E-state index is -0.456. The number of fused-ring (bicyclic) bond motifs is 1.